The van der Waals surface area contributed by atoms with E-state index in [4.69, 9.17) is 0 Å². The molecule has 2 aromatic rings. The van der Waals surface area contributed by atoms with Gasteiger partial charge < -0.3 is 15.5 Å². The van der Waals surface area contributed by atoms with E-state index in [0.717, 1.165) is 12.5 Å². The summed E-state index contributed by atoms with van der Waals surface area (Å²) in [5.41, 5.74) is 2.44. The van der Waals surface area contributed by atoms with Gasteiger partial charge in [0, 0.05) is 12.6 Å². The molecule has 0 fully saturated rings. The van der Waals surface area contributed by atoms with Gasteiger partial charge in [0.15, 0.2) is 0 Å². The van der Waals surface area contributed by atoms with Crippen molar-refractivity contribution in [2.45, 2.75) is 25.1 Å². The van der Waals surface area contributed by atoms with E-state index in [-0.39, 0.29) is 0 Å². The Morgan fingerprint density at radius 1 is 0.970 bits per heavy atom. The Kier molecular flexibility index (Phi) is 6.44. The maximum absolute atomic E-state index is 13.2. The number of para-hydroxylation sites is 1. The van der Waals surface area contributed by atoms with Crippen LogP contribution in [0.5, 0.6) is 0 Å². The number of halogens is 5. The van der Waals surface area contributed by atoms with Gasteiger partial charge in [0.2, 0.25) is 11.8 Å². The van der Waals surface area contributed by atoms with Crippen molar-refractivity contribution in [2.24, 2.45) is 5.92 Å². The molecular weight excluding hydrogens is 449 g/mol. The normalized spacial score (nSPS) is 16.9. The average molecular weight is 469 g/mol. The van der Waals surface area contributed by atoms with Crippen LogP contribution in [0.2, 0.25) is 0 Å². The molecule has 0 unspecified atom stereocenters. The van der Waals surface area contributed by atoms with Crippen LogP contribution in [0.4, 0.5) is 27.6 Å². The number of nitrogens with zero attached hydrogens (tertiary/aromatic N) is 1. The number of hydrogen-bond acceptors (Lipinski definition) is 3. The fourth-order valence-corrected chi connectivity index (χ4v) is 3.41. The Bertz CT molecular complexity index is 1090. The van der Waals surface area contributed by atoms with E-state index >= 15 is 0 Å². The number of alkyl halides is 5. The first-order valence-electron chi connectivity index (χ1n) is 9.83. The van der Waals surface area contributed by atoms with E-state index in [1.54, 1.807) is 48.5 Å². The summed E-state index contributed by atoms with van der Waals surface area (Å²) in [5, 5.41) is 3.89. The largest absolute Gasteiger partial charge is 0.455 e. The molecule has 33 heavy (non-hydrogen) atoms. The van der Waals surface area contributed by atoms with Crippen LogP contribution >= 0.6 is 0 Å². The Balaban J connectivity index is 1.82. The topological polar surface area (TPSA) is 78.5 Å². The van der Waals surface area contributed by atoms with Gasteiger partial charge in [-0.3, -0.25) is 14.4 Å². The molecule has 0 bridgehead atoms. The molecule has 0 saturated carbocycles. The van der Waals surface area contributed by atoms with Gasteiger partial charge in [-0.1, -0.05) is 42.5 Å². The van der Waals surface area contributed by atoms with Crippen molar-refractivity contribution >= 4 is 23.4 Å². The van der Waals surface area contributed by atoms with Crippen LogP contribution in [0.25, 0.3) is 11.1 Å². The summed E-state index contributed by atoms with van der Waals surface area (Å²) in [7, 11) is 1.52. The van der Waals surface area contributed by atoms with Gasteiger partial charge in [-0.15, -0.1) is 0 Å². The molecule has 0 aliphatic carbocycles. The van der Waals surface area contributed by atoms with E-state index in [1.807, 2.05) is 0 Å². The second-order valence-corrected chi connectivity index (χ2v) is 7.58. The molecule has 0 saturated heterocycles. The third-order valence-corrected chi connectivity index (χ3v) is 5.38. The zero-order valence-corrected chi connectivity index (χ0v) is 17.5. The van der Waals surface area contributed by atoms with Gasteiger partial charge >= 0.3 is 12.1 Å². The number of rotatable bonds is 5. The first kappa shape index (κ1) is 24.1. The molecule has 3 amide bonds. The minimum Gasteiger partial charge on any atom is -0.349 e. The zero-order chi connectivity index (χ0) is 24.6. The Hall–Kier alpha value is -3.50. The van der Waals surface area contributed by atoms with Gasteiger partial charge in [-0.25, -0.2) is 0 Å². The van der Waals surface area contributed by atoms with Crippen LogP contribution in [0, 0.1) is 5.92 Å². The second kappa shape index (κ2) is 8.80. The Morgan fingerprint density at radius 2 is 1.55 bits per heavy atom. The highest BCUT2D eigenvalue weighted by atomic mass is 19.4. The molecule has 3 rings (SSSR count). The Morgan fingerprint density at radius 3 is 2.18 bits per heavy atom. The van der Waals surface area contributed by atoms with Crippen molar-refractivity contribution < 1.29 is 36.3 Å². The van der Waals surface area contributed by atoms with Gasteiger partial charge in [0.05, 0.1) is 12.2 Å². The molecule has 1 heterocycles. The van der Waals surface area contributed by atoms with Crippen molar-refractivity contribution in [3.8, 4) is 11.1 Å². The number of carbonyl (C=O) groups is 3. The molecule has 0 aromatic heterocycles. The molecule has 1 aliphatic rings. The zero-order valence-electron chi connectivity index (χ0n) is 17.5. The minimum absolute atomic E-state index is 0.448. The number of fused-ring (bicyclic) bond motifs is 3. The lowest BCUT2D eigenvalue weighted by atomic mass is 9.95. The first-order valence-corrected chi connectivity index (χ1v) is 9.83. The third-order valence-electron chi connectivity index (χ3n) is 5.38. The van der Waals surface area contributed by atoms with Gasteiger partial charge in [-0.05, 0) is 24.1 Å². The summed E-state index contributed by atoms with van der Waals surface area (Å²) >= 11 is 0. The highest BCUT2D eigenvalue weighted by Gasteiger charge is 2.57. The van der Waals surface area contributed by atoms with Crippen LogP contribution in [-0.2, 0) is 14.4 Å². The van der Waals surface area contributed by atoms with E-state index in [1.165, 1.54) is 17.3 Å². The van der Waals surface area contributed by atoms with Crippen LogP contribution in [0.15, 0.2) is 48.5 Å². The van der Waals surface area contributed by atoms with Crippen LogP contribution in [-0.4, -0.2) is 43.4 Å². The molecule has 2 atom stereocenters. The second-order valence-electron chi connectivity index (χ2n) is 7.58. The fraction of sp³-hybridized carbons (Fsp3) is 0.318. The quantitative estimate of drug-likeness (QED) is 0.520. The number of benzene rings is 2. The average Bonchev–Trinajstić information content (AvgIpc) is 2.86. The summed E-state index contributed by atoms with van der Waals surface area (Å²) in [4.78, 5) is 39.2. The summed E-state index contributed by atoms with van der Waals surface area (Å²) in [6.45, 7) is -0.960. The summed E-state index contributed by atoms with van der Waals surface area (Å²) in [6.07, 6.45) is -5.85. The SMILES string of the molecule is C[C@@H](C(=O)NCC(F)(F)C(F)(F)F)C(=O)N[C@@H]1C(=O)N(C)c2ccccc2-c2ccccc21. The molecule has 2 aromatic carbocycles. The molecule has 1 aliphatic heterocycles. The monoisotopic (exact) mass is 469 g/mol. The van der Waals surface area contributed by atoms with E-state index in [2.05, 4.69) is 5.32 Å². The molecular formula is C22H20F5N3O3. The van der Waals surface area contributed by atoms with Crippen LogP contribution < -0.4 is 15.5 Å². The summed E-state index contributed by atoms with van der Waals surface area (Å²) in [5.74, 6) is -9.64. The van der Waals surface area contributed by atoms with Crippen molar-refractivity contribution in [1.82, 2.24) is 10.6 Å². The van der Waals surface area contributed by atoms with Gasteiger partial charge in [0.25, 0.3) is 5.91 Å². The Labute approximate surface area is 185 Å². The number of anilines is 1. The molecule has 11 heteroatoms. The lowest BCUT2D eigenvalue weighted by Gasteiger charge is -2.24. The standard InChI is InChI=1S/C22H20F5N3O3/c1-12(18(31)28-11-21(23,24)22(25,26)27)19(32)29-17-15-9-4-3-7-13(15)14-8-5-6-10-16(14)30(2)20(17)33/h3-10,12,17H,11H2,1-2H3,(H,28,31)(H,29,32)/t12-,17-/m0/s1. The number of carbonyl (C=O) groups excluding carboxylic acids is 3. The smallest absolute Gasteiger partial charge is 0.349 e. The van der Waals surface area contributed by atoms with Gasteiger partial charge in [-0.2, -0.15) is 22.0 Å². The predicted octanol–water partition coefficient (Wildman–Crippen LogP) is 3.44. The highest BCUT2D eigenvalue weighted by molar-refractivity contribution is 6.07. The van der Waals surface area contributed by atoms with Crippen molar-refractivity contribution in [3.63, 3.8) is 0 Å². The minimum atomic E-state index is -5.85. The van der Waals surface area contributed by atoms with Gasteiger partial charge in [0.1, 0.15) is 12.0 Å². The maximum Gasteiger partial charge on any atom is 0.455 e. The molecule has 2 N–H and O–H groups in total. The molecule has 0 spiro atoms. The highest BCUT2D eigenvalue weighted by Crippen LogP contribution is 2.39. The van der Waals surface area contributed by atoms with Crippen molar-refractivity contribution in [2.75, 3.05) is 18.5 Å². The number of hydrogen-bond donors (Lipinski definition) is 2. The van der Waals surface area contributed by atoms with Crippen molar-refractivity contribution in [3.05, 3.63) is 54.1 Å². The summed E-state index contributed by atoms with van der Waals surface area (Å²) in [6, 6.07) is 12.7. The van der Waals surface area contributed by atoms with Crippen LogP contribution in [0.3, 0.4) is 0 Å². The van der Waals surface area contributed by atoms with Crippen LogP contribution in [0.1, 0.15) is 18.5 Å². The van der Waals surface area contributed by atoms with E-state index in [0.29, 0.717) is 16.8 Å². The molecule has 6 nitrogen and oxygen atoms in total. The van der Waals surface area contributed by atoms with Crippen molar-refractivity contribution in [1.29, 1.82) is 0 Å². The first-order chi connectivity index (χ1) is 15.3. The number of amides is 3. The lowest BCUT2D eigenvalue weighted by molar-refractivity contribution is -0.278. The summed E-state index contributed by atoms with van der Waals surface area (Å²) < 4.78 is 63.0. The fourth-order valence-electron chi connectivity index (χ4n) is 3.41. The number of nitrogens with one attached hydrogen (secondary N) is 2. The third kappa shape index (κ3) is 4.67. The molecule has 0 radical (unpaired) electrons. The lowest BCUT2D eigenvalue weighted by Crippen LogP contribution is -2.50. The maximum atomic E-state index is 13.2. The predicted molar refractivity (Wildman–Crippen MR) is 109 cm³/mol. The molecule has 176 valence electrons. The number of likely N-dealkylation sites (N-methyl/N-ethyl adjacent to an activating group) is 1. The van der Waals surface area contributed by atoms with E-state index < -0.39 is 48.3 Å². The van der Waals surface area contributed by atoms with E-state index in [9.17, 15) is 36.3 Å².